The Morgan fingerprint density at radius 3 is 2.52 bits per heavy atom. The number of benzene rings is 1. The molecule has 1 aliphatic rings. The number of hydrogen-bond acceptors (Lipinski definition) is 4. The molecule has 0 radical (unpaired) electrons. The molecular weight excluding hydrogens is 314 g/mol. The first-order chi connectivity index (χ1) is 12.1. The zero-order chi connectivity index (χ0) is 17.6. The summed E-state index contributed by atoms with van der Waals surface area (Å²) in [6.45, 7) is 7.29. The van der Waals surface area contributed by atoms with Crippen molar-refractivity contribution in [1.82, 2.24) is 20.2 Å². The van der Waals surface area contributed by atoms with Crippen LogP contribution in [0.1, 0.15) is 19.4 Å². The van der Waals surface area contributed by atoms with Gasteiger partial charge in [-0.05, 0) is 23.5 Å². The maximum Gasteiger partial charge on any atom is 0.320 e. The second-order valence-electron chi connectivity index (χ2n) is 6.85. The largest absolute Gasteiger partial charge is 0.334 e. The molecule has 0 spiro atoms. The van der Waals surface area contributed by atoms with E-state index in [9.17, 15) is 4.79 Å². The van der Waals surface area contributed by atoms with E-state index in [1.165, 1.54) is 11.9 Å². The third-order valence-corrected chi connectivity index (χ3v) is 4.69. The molecule has 0 aliphatic carbocycles. The number of amides is 2. The Bertz CT molecular complexity index is 667. The van der Waals surface area contributed by atoms with Gasteiger partial charge in [0.1, 0.15) is 12.1 Å². The van der Waals surface area contributed by atoms with Gasteiger partial charge in [-0.1, -0.05) is 44.2 Å². The van der Waals surface area contributed by atoms with Gasteiger partial charge in [0, 0.05) is 31.9 Å². The molecule has 2 aromatic rings. The summed E-state index contributed by atoms with van der Waals surface area (Å²) in [5.74, 6) is 1.27. The quantitative estimate of drug-likeness (QED) is 0.899. The Morgan fingerprint density at radius 1 is 1.16 bits per heavy atom. The number of aromatic nitrogens is 2. The molecule has 1 fully saturated rings. The zero-order valence-electron chi connectivity index (χ0n) is 14.7. The summed E-state index contributed by atoms with van der Waals surface area (Å²) in [4.78, 5) is 22.6. The Kier molecular flexibility index (Phi) is 5.60. The predicted octanol–water partition coefficient (Wildman–Crippen LogP) is 2.75. The lowest BCUT2D eigenvalue weighted by Crippen LogP contribution is -2.55. The van der Waals surface area contributed by atoms with E-state index in [-0.39, 0.29) is 12.1 Å². The molecule has 3 rings (SSSR count). The third-order valence-electron chi connectivity index (χ3n) is 4.69. The van der Waals surface area contributed by atoms with Crippen LogP contribution in [0, 0.1) is 11.8 Å². The molecular formula is C19H25N5O. The number of rotatable bonds is 4. The number of urea groups is 1. The van der Waals surface area contributed by atoms with E-state index < -0.39 is 0 Å². The first-order valence-electron chi connectivity index (χ1n) is 8.71. The topological polar surface area (TPSA) is 70.2 Å². The highest BCUT2D eigenvalue weighted by Gasteiger charge is 2.32. The number of piperidine rings is 1. The van der Waals surface area contributed by atoms with Crippen molar-refractivity contribution in [2.45, 2.75) is 26.4 Å². The highest BCUT2D eigenvalue weighted by Crippen LogP contribution is 2.23. The van der Waals surface area contributed by atoms with Crippen LogP contribution >= 0.6 is 0 Å². The average molecular weight is 339 g/mol. The minimum Gasteiger partial charge on any atom is -0.334 e. The van der Waals surface area contributed by atoms with Gasteiger partial charge in [-0.3, -0.25) is 10.2 Å². The van der Waals surface area contributed by atoms with Crippen LogP contribution in [0.15, 0.2) is 48.9 Å². The second-order valence-corrected chi connectivity index (χ2v) is 6.85. The maximum absolute atomic E-state index is 12.2. The van der Waals surface area contributed by atoms with Crippen LogP contribution in [0.5, 0.6) is 0 Å². The smallest absolute Gasteiger partial charge is 0.320 e. The van der Waals surface area contributed by atoms with E-state index in [0.29, 0.717) is 17.7 Å². The highest BCUT2D eigenvalue weighted by atomic mass is 16.2. The van der Waals surface area contributed by atoms with Crippen molar-refractivity contribution in [3.05, 3.63) is 54.5 Å². The SMILES string of the molecule is CC1CN(Cc2ccccc2)CC(C)C1NC(=O)Nc1ccncn1. The fraction of sp³-hybridized carbons (Fsp3) is 0.421. The van der Waals surface area contributed by atoms with Crippen molar-refractivity contribution >= 4 is 11.8 Å². The Balaban J connectivity index is 1.54. The lowest BCUT2D eigenvalue weighted by atomic mass is 9.85. The molecule has 2 heterocycles. The van der Waals surface area contributed by atoms with Gasteiger partial charge in [0.15, 0.2) is 0 Å². The van der Waals surface area contributed by atoms with Crippen LogP contribution < -0.4 is 10.6 Å². The second kappa shape index (κ2) is 8.07. The van der Waals surface area contributed by atoms with E-state index in [4.69, 9.17) is 0 Å². The molecule has 2 atom stereocenters. The molecule has 6 nitrogen and oxygen atoms in total. The van der Waals surface area contributed by atoms with Gasteiger partial charge in [0.2, 0.25) is 0 Å². The summed E-state index contributed by atoms with van der Waals surface area (Å²) >= 11 is 0. The van der Waals surface area contributed by atoms with E-state index >= 15 is 0 Å². The minimum atomic E-state index is -0.209. The number of anilines is 1. The molecule has 2 unspecified atom stereocenters. The van der Waals surface area contributed by atoms with Crippen molar-refractivity contribution in [1.29, 1.82) is 0 Å². The lowest BCUT2D eigenvalue weighted by molar-refractivity contribution is 0.0994. The van der Waals surface area contributed by atoms with Crippen molar-refractivity contribution < 1.29 is 4.79 Å². The van der Waals surface area contributed by atoms with Gasteiger partial charge in [0.25, 0.3) is 0 Å². The normalized spacial score (nSPS) is 23.8. The van der Waals surface area contributed by atoms with Crippen molar-refractivity contribution in [3.63, 3.8) is 0 Å². The molecule has 1 saturated heterocycles. The van der Waals surface area contributed by atoms with Gasteiger partial charge in [-0.2, -0.15) is 0 Å². The number of hydrogen-bond donors (Lipinski definition) is 2. The predicted molar refractivity (Wildman–Crippen MR) is 98.0 cm³/mol. The first kappa shape index (κ1) is 17.4. The summed E-state index contributed by atoms with van der Waals surface area (Å²) in [6.07, 6.45) is 3.03. The Morgan fingerprint density at radius 2 is 1.88 bits per heavy atom. The molecule has 132 valence electrons. The van der Waals surface area contributed by atoms with Crippen LogP contribution in [0.3, 0.4) is 0 Å². The molecule has 1 aromatic heterocycles. The highest BCUT2D eigenvalue weighted by molar-refractivity contribution is 5.88. The number of likely N-dealkylation sites (tertiary alicyclic amines) is 1. The van der Waals surface area contributed by atoms with E-state index in [2.05, 4.69) is 63.6 Å². The van der Waals surface area contributed by atoms with E-state index in [1.807, 2.05) is 6.07 Å². The fourth-order valence-corrected chi connectivity index (χ4v) is 3.60. The van der Waals surface area contributed by atoms with Crippen LogP contribution in [-0.2, 0) is 6.54 Å². The fourth-order valence-electron chi connectivity index (χ4n) is 3.60. The summed E-state index contributed by atoms with van der Waals surface area (Å²) in [7, 11) is 0. The van der Waals surface area contributed by atoms with Crippen LogP contribution in [0.25, 0.3) is 0 Å². The monoisotopic (exact) mass is 339 g/mol. The Labute approximate surface area is 148 Å². The molecule has 0 saturated carbocycles. The molecule has 2 amide bonds. The zero-order valence-corrected chi connectivity index (χ0v) is 14.7. The maximum atomic E-state index is 12.2. The lowest BCUT2D eigenvalue weighted by Gasteiger charge is -2.41. The minimum absolute atomic E-state index is 0.147. The number of nitrogens with one attached hydrogen (secondary N) is 2. The molecule has 0 bridgehead atoms. The standard InChI is InChI=1S/C19H25N5O/c1-14-10-24(12-16-6-4-3-5-7-16)11-15(2)18(14)23-19(25)22-17-8-9-20-13-21-17/h3-9,13-15,18H,10-12H2,1-2H3,(H2,20,21,22,23,25). The number of nitrogens with zero attached hydrogens (tertiary/aromatic N) is 3. The first-order valence-corrected chi connectivity index (χ1v) is 8.71. The molecule has 25 heavy (non-hydrogen) atoms. The summed E-state index contributed by atoms with van der Waals surface area (Å²) in [5, 5.41) is 5.88. The van der Waals surface area contributed by atoms with Crippen molar-refractivity contribution in [2.75, 3.05) is 18.4 Å². The summed E-state index contributed by atoms with van der Waals surface area (Å²) < 4.78 is 0. The van der Waals surface area contributed by atoms with Crippen LogP contribution in [0.4, 0.5) is 10.6 Å². The van der Waals surface area contributed by atoms with Crippen LogP contribution in [0.2, 0.25) is 0 Å². The third kappa shape index (κ3) is 4.76. The van der Waals surface area contributed by atoms with E-state index in [1.54, 1.807) is 12.3 Å². The molecule has 2 N–H and O–H groups in total. The average Bonchev–Trinajstić information content (AvgIpc) is 2.60. The van der Waals surface area contributed by atoms with Gasteiger partial charge >= 0.3 is 6.03 Å². The summed E-state index contributed by atoms with van der Waals surface area (Å²) in [6, 6.07) is 12.1. The van der Waals surface area contributed by atoms with Crippen LogP contribution in [-0.4, -0.2) is 40.0 Å². The van der Waals surface area contributed by atoms with E-state index in [0.717, 1.165) is 19.6 Å². The number of carbonyl (C=O) groups excluding carboxylic acids is 1. The molecule has 6 heteroatoms. The van der Waals surface area contributed by atoms with Crippen molar-refractivity contribution in [2.24, 2.45) is 11.8 Å². The van der Waals surface area contributed by atoms with Gasteiger partial charge in [0.05, 0.1) is 0 Å². The van der Waals surface area contributed by atoms with Gasteiger partial charge < -0.3 is 5.32 Å². The number of carbonyl (C=O) groups is 1. The molecule has 1 aliphatic heterocycles. The molecule has 1 aromatic carbocycles. The summed E-state index contributed by atoms with van der Waals surface area (Å²) in [5.41, 5.74) is 1.33. The van der Waals surface area contributed by atoms with Gasteiger partial charge in [-0.25, -0.2) is 14.8 Å². The van der Waals surface area contributed by atoms with Crippen molar-refractivity contribution in [3.8, 4) is 0 Å². The van der Waals surface area contributed by atoms with Gasteiger partial charge in [-0.15, -0.1) is 0 Å². The Hall–Kier alpha value is -2.47.